The summed E-state index contributed by atoms with van der Waals surface area (Å²) in [7, 11) is 1.43. The van der Waals surface area contributed by atoms with E-state index in [9.17, 15) is 9.59 Å². The molecule has 0 saturated carbocycles. The highest BCUT2D eigenvalue weighted by molar-refractivity contribution is 6.01. The molecule has 0 aliphatic heterocycles. The van der Waals surface area contributed by atoms with Crippen molar-refractivity contribution in [1.29, 1.82) is 0 Å². The van der Waals surface area contributed by atoms with Crippen LogP contribution in [0.4, 0.5) is 0 Å². The fraction of sp³-hybridized carbons (Fsp3) is 0.231. The quantitative estimate of drug-likeness (QED) is 0.588. The highest BCUT2D eigenvalue weighted by Gasteiger charge is 2.23. The lowest BCUT2D eigenvalue weighted by atomic mass is 10.1. The molecule has 1 unspecified atom stereocenters. The second kappa shape index (κ2) is 5.53. The van der Waals surface area contributed by atoms with Gasteiger partial charge in [-0.3, -0.25) is 10.1 Å². The zero-order valence-corrected chi connectivity index (χ0v) is 10.4. The van der Waals surface area contributed by atoms with Crippen molar-refractivity contribution in [3.05, 3.63) is 36.0 Å². The third-order valence-corrected chi connectivity index (χ3v) is 2.93. The summed E-state index contributed by atoms with van der Waals surface area (Å²) in [5.41, 5.74) is 1.90. The highest BCUT2D eigenvalue weighted by atomic mass is 16.4. The molecule has 0 aliphatic carbocycles. The molecule has 1 amide bonds. The standard InChI is InChI=1S/C13H15N3O3/c1-14-11(13(18)19)12(17)16-7-8-6-15-10-5-3-2-4-9(8)10/h2-6,11,14-15H,7H2,1H3,(H,16,17)(H,18,19). The van der Waals surface area contributed by atoms with Crippen molar-refractivity contribution in [2.45, 2.75) is 12.6 Å². The van der Waals surface area contributed by atoms with E-state index in [0.29, 0.717) is 0 Å². The Morgan fingerprint density at radius 1 is 1.37 bits per heavy atom. The molecule has 0 fully saturated rings. The Morgan fingerprint density at radius 2 is 2.11 bits per heavy atom. The first kappa shape index (κ1) is 13.1. The summed E-state index contributed by atoms with van der Waals surface area (Å²) in [6.07, 6.45) is 1.81. The van der Waals surface area contributed by atoms with Crippen molar-refractivity contribution < 1.29 is 14.7 Å². The summed E-state index contributed by atoms with van der Waals surface area (Å²) in [6.45, 7) is 0.286. The Balaban J connectivity index is 2.06. The van der Waals surface area contributed by atoms with E-state index in [1.165, 1.54) is 7.05 Å². The minimum absolute atomic E-state index is 0.286. The lowest BCUT2D eigenvalue weighted by molar-refractivity contribution is -0.143. The summed E-state index contributed by atoms with van der Waals surface area (Å²) < 4.78 is 0. The number of benzene rings is 1. The van der Waals surface area contributed by atoms with E-state index in [2.05, 4.69) is 15.6 Å². The number of rotatable bonds is 5. The maximum Gasteiger partial charge on any atom is 0.330 e. The molecule has 0 saturated heterocycles. The predicted octanol–water partition coefficient (Wildman–Crippen LogP) is 0.457. The molecule has 100 valence electrons. The second-order valence-corrected chi connectivity index (χ2v) is 4.14. The fourth-order valence-corrected chi connectivity index (χ4v) is 1.93. The summed E-state index contributed by atoms with van der Waals surface area (Å²) in [6, 6.07) is 6.48. The predicted molar refractivity (Wildman–Crippen MR) is 70.6 cm³/mol. The van der Waals surface area contributed by atoms with Crippen molar-refractivity contribution in [3.63, 3.8) is 0 Å². The van der Waals surface area contributed by atoms with Crippen LogP contribution in [-0.2, 0) is 16.1 Å². The number of aromatic nitrogens is 1. The molecule has 1 aromatic carbocycles. The van der Waals surface area contributed by atoms with Gasteiger partial charge in [-0.25, -0.2) is 4.79 Å². The molecule has 0 spiro atoms. The van der Waals surface area contributed by atoms with Crippen LogP contribution in [0.1, 0.15) is 5.56 Å². The third kappa shape index (κ3) is 2.74. The summed E-state index contributed by atoms with van der Waals surface area (Å²) in [5.74, 6) is -1.75. The minimum atomic E-state index is -1.23. The number of aliphatic carboxylic acids is 1. The number of H-pyrrole nitrogens is 1. The Hall–Kier alpha value is -2.34. The molecule has 0 aliphatic rings. The number of amides is 1. The van der Waals surface area contributed by atoms with Gasteiger partial charge in [0.05, 0.1) is 0 Å². The molecule has 0 bridgehead atoms. The van der Waals surface area contributed by atoms with Gasteiger partial charge in [-0.2, -0.15) is 0 Å². The van der Waals surface area contributed by atoms with E-state index in [1.54, 1.807) is 6.20 Å². The van der Waals surface area contributed by atoms with E-state index < -0.39 is 17.9 Å². The van der Waals surface area contributed by atoms with Crippen LogP contribution in [0.2, 0.25) is 0 Å². The van der Waals surface area contributed by atoms with Gasteiger partial charge in [0, 0.05) is 23.6 Å². The number of para-hydroxylation sites is 1. The number of hydrogen-bond acceptors (Lipinski definition) is 3. The lowest BCUT2D eigenvalue weighted by Gasteiger charge is -2.11. The largest absolute Gasteiger partial charge is 0.480 e. The second-order valence-electron chi connectivity index (χ2n) is 4.14. The van der Waals surface area contributed by atoms with E-state index in [0.717, 1.165) is 16.5 Å². The number of fused-ring (bicyclic) bond motifs is 1. The van der Waals surface area contributed by atoms with Gasteiger partial charge < -0.3 is 15.4 Å². The molecule has 2 rings (SSSR count). The van der Waals surface area contributed by atoms with Crippen LogP contribution in [0.25, 0.3) is 10.9 Å². The van der Waals surface area contributed by atoms with Crippen LogP contribution in [0.3, 0.4) is 0 Å². The number of carbonyl (C=O) groups excluding carboxylic acids is 1. The van der Waals surface area contributed by atoms with Crippen LogP contribution in [0.5, 0.6) is 0 Å². The molecule has 0 radical (unpaired) electrons. The maximum absolute atomic E-state index is 11.7. The summed E-state index contributed by atoms with van der Waals surface area (Å²) >= 11 is 0. The van der Waals surface area contributed by atoms with Crippen LogP contribution in [-0.4, -0.2) is 35.1 Å². The average molecular weight is 261 g/mol. The smallest absolute Gasteiger partial charge is 0.330 e. The topological polar surface area (TPSA) is 94.2 Å². The van der Waals surface area contributed by atoms with Gasteiger partial charge in [0.2, 0.25) is 5.91 Å². The molecular weight excluding hydrogens is 246 g/mol. The summed E-state index contributed by atoms with van der Waals surface area (Å²) in [4.78, 5) is 25.6. The number of likely N-dealkylation sites (N-methyl/N-ethyl adjacent to an activating group) is 1. The van der Waals surface area contributed by atoms with Gasteiger partial charge in [0.15, 0.2) is 6.04 Å². The number of carboxylic acid groups (broad SMARTS) is 1. The number of hydrogen-bond donors (Lipinski definition) is 4. The molecule has 1 atom stereocenters. The molecule has 1 aromatic heterocycles. The first-order valence-corrected chi connectivity index (χ1v) is 5.86. The van der Waals surface area contributed by atoms with E-state index in [-0.39, 0.29) is 6.54 Å². The molecule has 1 heterocycles. The molecule has 19 heavy (non-hydrogen) atoms. The lowest BCUT2D eigenvalue weighted by Crippen LogP contribution is -2.47. The van der Waals surface area contributed by atoms with E-state index in [4.69, 9.17) is 5.11 Å². The maximum atomic E-state index is 11.7. The zero-order valence-electron chi connectivity index (χ0n) is 10.4. The van der Waals surface area contributed by atoms with Gasteiger partial charge in [-0.05, 0) is 18.7 Å². The molecule has 6 nitrogen and oxygen atoms in total. The molecular formula is C13H15N3O3. The first-order valence-electron chi connectivity index (χ1n) is 5.86. The van der Waals surface area contributed by atoms with Gasteiger partial charge >= 0.3 is 5.97 Å². The van der Waals surface area contributed by atoms with Crippen LogP contribution < -0.4 is 10.6 Å². The van der Waals surface area contributed by atoms with Crippen LogP contribution >= 0.6 is 0 Å². The van der Waals surface area contributed by atoms with Crippen LogP contribution in [0.15, 0.2) is 30.5 Å². The summed E-state index contributed by atoms with van der Waals surface area (Å²) in [5, 5.41) is 14.9. The number of carboxylic acids is 1. The number of carbonyl (C=O) groups is 2. The van der Waals surface area contributed by atoms with E-state index in [1.807, 2.05) is 24.3 Å². The molecule has 4 N–H and O–H groups in total. The van der Waals surface area contributed by atoms with Crippen molar-refractivity contribution in [2.24, 2.45) is 0 Å². The van der Waals surface area contributed by atoms with Crippen molar-refractivity contribution in [2.75, 3.05) is 7.05 Å². The first-order chi connectivity index (χ1) is 9.13. The Labute approximate surface area is 109 Å². The molecule has 6 heteroatoms. The Morgan fingerprint density at radius 3 is 2.79 bits per heavy atom. The van der Waals surface area contributed by atoms with Gasteiger partial charge in [-0.15, -0.1) is 0 Å². The Bertz CT molecular complexity index is 606. The van der Waals surface area contributed by atoms with Gasteiger partial charge in [0.1, 0.15) is 0 Å². The number of aromatic amines is 1. The Kier molecular flexibility index (Phi) is 3.82. The minimum Gasteiger partial charge on any atom is -0.480 e. The fourth-order valence-electron chi connectivity index (χ4n) is 1.93. The monoisotopic (exact) mass is 261 g/mol. The molecule has 2 aromatic rings. The average Bonchev–Trinajstić information content (AvgIpc) is 2.80. The third-order valence-electron chi connectivity index (χ3n) is 2.93. The SMILES string of the molecule is CNC(C(=O)O)C(=O)NCc1c[nH]c2ccccc12. The van der Waals surface area contributed by atoms with Gasteiger partial charge in [-0.1, -0.05) is 18.2 Å². The van der Waals surface area contributed by atoms with Crippen molar-refractivity contribution in [1.82, 2.24) is 15.6 Å². The van der Waals surface area contributed by atoms with Gasteiger partial charge in [0.25, 0.3) is 0 Å². The zero-order chi connectivity index (χ0) is 13.8. The van der Waals surface area contributed by atoms with Crippen molar-refractivity contribution in [3.8, 4) is 0 Å². The van der Waals surface area contributed by atoms with Crippen molar-refractivity contribution >= 4 is 22.8 Å². The number of nitrogens with one attached hydrogen (secondary N) is 3. The highest BCUT2D eigenvalue weighted by Crippen LogP contribution is 2.17. The van der Waals surface area contributed by atoms with E-state index >= 15 is 0 Å². The van der Waals surface area contributed by atoms with Crippen LogP contribution in [0, 0.1) is 0 Å². The normalized spacial score (nSPS) is 12.3.